The lowest BCUT2D eigenvalue weighted by Crippen LogP contribution is -2.39. The van der Waals surface area contributed by atoms with Crippen LogP contribution in [-0.4, -0.2) is 49.3 Å². The van der Waals surface area contributed by atoms with Crippen molar-refractivity contribution in [3.63, 3.8) is 0 Å². The van der Waals surface area contributed by atoms with Crippen LogP contribution in [0, 0.1) is 12.8 Å². The van der Waals surface area contributed by atoms with Crippen LogP contribution in [0.4, 0.5) is 5.69 Å². The van der Waals surface area contributed by atoms with Crippen molar-refractivity contribution in [3.05, 3.63) is 22.7 Å². The van der Waals surface area contributed by atoms with Gasteiger partial charge in [0.05, 0.1) is 19.3 Å². The van der Waals surface area contributed by atoms with Crippen LogP contribution in [0.2, 0.25) is 5.02 Å². The summed E-state index contributed by atoms with van der Waals surface area (Å²) in [7, 11) is 1.55. The molecule has 6 heteroatoms. The Labute approximate surface area is 136 Å². The molecule has 0 bridgehead atoms. The first kappa shape index (κ1) is 17.1. The molecule has 1 aliphatic heterocycles. The number of likely N-dealkylation sites (tertiary alicyclic amines) is 1. The van der Waals surface area contributed by atoms with E-state index in [0.29, 0.717) is 28.9 Å². The van der Waals surface area contributed by atoms with Crippen molar-refractivity contribution in [3.8, 4) is 5.75 Å². The summed E-state index contributed by atoms with van der Waals surface area (Å²) in [4.78, 5) is 14.3. The molecule has 0 saturated carbocycles. The number of amides is 1. The topological polar surface area (TPSA) is 61.8 Å². The molecule has 0 atom stereocenters. The molecule has 1 aromatic carbocycles. The first-order valence-corrected chi connectivity index (χ1v) is 7.88. The third-order valence-corrected chi connectivity index (χ3v) is 4.49. The molecule has 22 heavy (non-hydrogen) atoms. The molecular formula is C16H23ClN2O3. The second kappa shape index (κ2) is 7.81. The van der Waals surface area contributed by atoms with E-state index in [1.54, 1.807) is 13.2 Å². The van der Waals surface area contributed by atoms with E-state index in [1.165, 1.54) is 0 Å². The predicted molar refractivity (Wildman–Crippen MR) is 87.6 cm³/mol. The van der Waals surface area contributed by atoms with Crippen molar-refractivity contribution in [1.29, 1.82) is 0 Å². The van der Waals surface area contributed by atoms with E-state index < -0.39 is 0 Å². The van der Waals surface area contributed by atoms with Gasteiger partial charge in [-0.25, -0.2) is 0 Å². The largest absolute Gasteiger partial charge is 0.495 e. The Bertz CT molecular complexity index is 528. The van der Waals surface area contributed by atoms with E-state index in [1.807, 2.05) is 13.0 Å². The van der Waals surface area contributed by atoms with Gasteiger partial charge in [0.2, 0.25) is 5.91 Å². The lowest BCUT2D eigenvalue weighted by Gasteiger charge is -2.30. The van der Waals surface area contributed by atoms with Gasteiger partial charge in [0.1, 0.15) is 5.75 Å². The Morgan fingerprint density at radius 3 is 2.73 bits per heavy atom. The van der Waals surface area contributed by atoms with Crippen LogP contribution in [0.5, 0.6) is 5.75 Å². The first-order chi connectivity index (χ1) is 10.5. The third-order valence-electron chi connectivity index (χ3n) is 4.09. The van der Waals surface area contributed by atoms with Crippen LogP contribution >= 0.6 is 11.6 Å². The summed E-state index contributed by atoms with van der Waals surface area (Å²) in [5.74, 6) is 0.865. The minimum absolute atomic E-state index is 0.0672. The molecule has 2 N–H and O–H groups in total. The lowest BCUT2D eigenvalue weighted by atomic mass is 9.98. The van der Waals surface area contributed by atoms with Gasteiger partial charge in [-0.05, 0) is 50.4 Å². The molecule has 0 unspecified atom stereocenters. The number of hydrogen-bond donors (Lipinski definition) is 2. The molecule has 0 spiro atoms. The van der Waals surface area contributed by atoms with E-state index >= 15 is 0 Å². The number of carbonyl (C=O) groups is 1. The van der Waals surface area contributed by atoms with Crippen molar-refractivity contribution < 1.29 is 14.6 Å². The van der Waals surface area contributed by atoms with Crippen molar-refractivity contribution in [2.45, 2.75) is 19.8 Å². The minimum Gasteiger partial charge on any atom is -0.495 e. The number of aliphatic hydroxyl groups excluding tert-OH is 1. The average molecular weight is 327 g/mol. The average Bonchev–Trinajstić information content (AvgIpc) is 2.51. The third kappa shape index (κ3) is 4.35. The van der Waals surface area contributed by atoms with Gasteiger partial charge < -0.3 is 15.2 Å². The van der Waals surface area contributed by atoms with E-state index in [0.717, 1.165) is 31.5 Å². The maximum Gasteiger partial charge on any atom is 0.238 e. The number of piperidine rings is 1. The smallest absolute Gasteiger partial charge is 0.238 e. The van der Waals surface area contributed by atoms with Crippen LogP contribution in [0.25, 0.3) is 0 Å². The summed E-state index contributed by atoms with van der Waals surface area (Å²) in [6, 6.07) is 3.52. The fraction of sp³-hybridized carbons (Fsp3) is 0.562. The molecule has 0 aromatic heterocycles. The predicted octanol–water partition coefficient (Wildman–Crippen LogP) is 2.30. The maximum absolute atomic E-state index is 12.2. The van der Waals surface area contributed by atoms with Crippen molar-refractivity contribution in [1.82, 2.24) is 4.90 Å². The van der Waals surface area contributed by atoms with Crippen LogP contribution in [-0.2, 0) is 4.79 Å². The number of halogens is 1. The molecule has 5 nitrogen and oxygen atoms in total. The first-order valence-electron chi connectivity index (χ1n) is 7.50. The van der Waals surface area contributed by atoms with Crippen molar-refractivity contribution >= 4 is 23.2 Å². The lowest BCUT2D eigenvalue weighted by molar-refractivity contribution is -0.117. The zero-order valence-corrected chi connectivity index (χ0v) is 13.8. The SMILES string of the molecule is COc1cc(Cl)c(C)cc1NC(=O)CN1CCC(CO)CC1. The van der Waals surface area contributed by atoms with Crippen LogP contribution in [0.1, 0.15) is 18.4 Å². The van der Waals surface area contributed by atoms with E-state index in [9.17, 15) is 4.79 Å². The fourth-order valence-corrected chi connectivity index (χ4v) is 2.80. The number of carbonyl (C=O) groups excluding carboxylic acids is 1. The molecule has 0 radical (unpaired) electrons. The number of nitrogens with zero attached hydrogens (tertiary/aromatic N) is 1. The van der Waals surface area contributed by atoms with Gasteiger partial charge in [-0.1, -0.05) is 11.6 Å². The summed E-state index contributed by atoms with van der Waals surface area (Å²) in [6.07, 6.45) is 1.88. The molecule has 1 aliphatic rings. The highest BCUT2D eigenvalue weighted by Crippen LogP contribution is 2.30. The quantitative estimate of drug-likeness (QED) is 0.871. The summed E-state index contributed by atoms with van der Waals surface area (Å²) < 4.78 is 5.26. The van der Waals surface area contributed by atoms with Crippen molar-refractivity contribution in [2.24, 2.45) is 5.92 Å². The van der Waals surface area contributed by atoms with Crippen molar-refractivity contribution in [2.75, 3.05) is 38.7 Å². The molecule has 122 valence electrons. The Balaban J connectivity index is 1.94. The Morgan fingerprint density at radius 1 is 1.45 bits per heavy atom. The van der Waals surface area contributed by atoms with Gasteiger partial charge in [-0.3, -0.25) is 9.69 Å². The van der Waals surface area contributed by atoms with E-state index in [4.69, 9.17) is 21.4 Å². The number of nitrogens with one attached hydrogen (secondary N) is 1. The summed E-state index contributed by atoms with van der Waals surface area (Å²) >= 11 is 6.06. The zero-order chi connectivity index (χ0) is 16.1. The van der Waals surface area contributed by atoms with Crippen LogP contribution in [0.3, 0.4) is 0 Å². The molecule has 1 fully saturated rings. The molecule has 2 rings (SSSR count). The zero-order valence-electron chi connectivity index (χ0n) is 13.1. The van der Waals surface area contributed by atoms with Gasteiger partial charge >= 0.3 is 0 Å². The number of rotatable bonds is 5. The minimum atomic E-state index is -0.0672. The summed E-state index contributed by atoms with van der Waals surface area (Å²) in [6.45, 7) is 4.16. The van der Waals surface area contributed by atoms with E-state index in [-0.39, 0.29) is 12.5 Å². The summed E-state index contributed by atoms with van der Waals surface area (Å²) in [5, 5.41) is 12.6. The number of methoxy groups -OCH3 is 1. The highest BCUT2D eigenvalue weighted by Gasteiger charge is 2.20. The highest BCUT2D eigenvalue weighted by atomic mass is 35.5. The van der Waals surface area contributed by atoms with Gasteiger partial charge in [-0.15, -0.1) is 0 Å². The van der Waals surface area contributed by atoms with Gasteiger partial charge in [0.15, 0.2) is 0 Å². The highest BCUT2D eigenvalue weighted by molar-refractivity contribution is 6.31. The van der Waals surface area contributed by atoms with E-state index in [2.05, 4.69) is 10.2 Å². The maximum atomic E-state index is 12.2. The summed E-state index contributed by atoms with van der Waals surface area (Å²) in [5.41, 5.74) is 1.53. The number of hydrogen-bond acceptors (Lipinski definition) is 4. The standard InChI is InChI=1S/C16H23ClN2O3/c1-11-7-14(15(22-2)8-13(11)17)18-16(21)9-19-5-3-12(10-20)4-6-19/h7-8,12,20H,3-6,9-10H2,1-2H3,(H,18,21). The number of anilines is 1. The number of aryl methyl sites for hydroxylation is 1. The second-order valence-corrected chi connectivity index (χ2v) is 6.16. The molecule has 1 heterocycles. The molecule has 1 saturated heterocycles. The monoisotopic (exact) mass is 326 g/mol. The normalized spacial score (nSPS) is 16.5. The fourth-order valence-electron chi connectivity index (χ4n) is 2.65. The van der Waals surface area contributed by atoms with Gasteiger partial charge in [0.25, 0.3) is 0 Å². The number of ether oxygens (including phenoxy) is 1. The Kier molecular flexibility index (Phi) is 6.06. The molecular weight excluding hydrogens is 304 g/mol. The molecule has 1 amide bonds. The van der Waals surface area contributed by atoms with Crippen LogP contribution in [0.15, 0.2) is 12.1 Å². The Hall–Kier alpha value is -1.30. The van der Waals surface area contributed by atoms with Gasteiger partial charge in [0, 0.05) is 17.7 Å². The Morgan fingerprint density at radius 2 is 2.14 bits per heavy atom. The number of benzene rings is 1. The molecule has 1 aromatic rings. The molecule has 0 aliphatic carbocycles. The number of aliphatic hydroxyl groups is 1. The second-order valence-electron chi connectivity index (χ2n) is 5.75. The van der Waals surface area contributed by atoms with Gasteiger partial charge in [-0.2, -0.15) is 0 Å². The van der Waals surface area contributed by atoms with Crippen LogP contribution < -0.4 is 10.1 Å².